The summed E-state index contributed by atoms with van der Waals surface area (Å²) in [6.07, 6.45) is 1.49. The van der Waals surface area contributed by atoms with Crippen LogP contribution in [0.3, 0.4) is 0 Å². The topological polar surface area (TPSA) is 61.9 Å². The zero-order valence-electron chi connectivity index (χ0n) is 12.0. The minimum absolute atomic E-state index is 0.0445. The van der Waals surface area contributed by atoms with Crippen molar-refractivity contribution in [3.05, 3.63) is 17.0 Å². The minimum atomic E-state index is -0.282. The molecule has 19 heavy (non-hydrogen) atoms. The third-order valence-corrected chi connectivity index (χ3v) is 4.15. The van der Waals surface area contributed by atoms with E-state index in [-0.39, 0.29) is 11.3 Å². The van der Waals surface area contributed by atoms with Crippen molar-refractivity contribution in [1.29, 1.82) is 5.26 Å². The lowest BCUT2D eigenvalue weighted by atomic mass is 9.82. The number of likely N-dealkylation sites (tertiary alicyclic amines) is 1. The van der Waals surface area contributed by atoms with E-state index in [2.05, 4.69) is 11.2 Å². The molecule has 0 spiro atoms. The molecule has 2 heterocycles. The van der Waals surface area contributed by atoms with Crippen LogP contribution in [0.5, 0.6) is 0 Å². The van der Waals surface area contributed by atoms with Gasteiger partial charge in [-0.3, -0.25) is 9.48 Å². The average molecular weight is 260 g/mol. The number of hydrogen-bond donors (Lipinski definition) is 0. The van der Waals surface area contributed by atoms with Gasteiger partial charge in [-0.15, -0.1) is 0 Å². The summed E-state index contributed by atoms with van der Waals surface area (Å²) in [4.78, 5) is 14.4. The summed E-state index contributed by atoms with van der Waals surface area (Å²) in [5, 5.41) is 13.4. The molecule has 5 nitrogen and oxygen atoms in total. The van der Waals surface area contributed by atoms with Crippen molar-refractivity contribution in [1.82, 2.24) is 14.7 Å². The van der Waals surface area contributed by atoms with Crippen LogP contribution in [0, 0.1) is 30.6 Å². The van der Waals surface area contributed by atoms with Crippen molar-refractivity contribution in [3.63, 3.8) is 0 Å². The molecule has 102 valence electrons. The van der Waals surface area contributed by atoms with E-state index in [4.69, 9.17) is 5.26 Å². The summed E-state index contributed by atoms with van der Waals surface area (Å²) < 4.78 is 1.74. The normalized spacial score (nSPS) is 18.2. The van der Waals surface area contributed by atoms with Gasteiger partial charge < -0.3 is 4.90 Å². The van der Waals surface area contributed by atoms with Crippen LogP contribution in [0.1, 0.15) is 41.5 Å². The van der Waals surface area contributed by atoms with Crippen LogP contribution in [0.4, 0.5) is 0 Å². The highest BCUT2D eigenvalue weighted by atomic mass is 16.2. The van der Waals surface area contributed by atoms with Gasteiger partial charge in [-0.05, 0) is 33.6 Å². The highest BCUT2D eigenvalue weighted by Crippen LogP contribution is 2.30. The first kappa shape index (κ1) is 13.6. The molecule has 0 aliphatic carbocycles. The van der Waals surface area contributed by atoms with Gasteiger partial charge in [0.2, 0.25) is 0 Å². The molecule has 1 fully saturated rings. The first-order valence-corrected chi connectivity index (χ1v) is 6.59. The van der Waals surface area contributed by atoms with Crippen LogP contribution < -0.4 is 0 Å². The molecule has 1 saturated heterocycles. The monoisotopic (exact) mass is 260 g/mol. The molecule has 1 aromatic rings. The summed E-state index contributed by atoms with van der Waals surface area (Å²) in [7, 11) is 1.85. The number of aryl methyl sites for hydroxylation is 2. The Morgan fingerprint density at radius 1 is 1.37 bits per heavy atom. The standard InChI is InChI=1S/C14H20N4O/c1-10-12(11(2)17(4)16-10)13(19)18-7-5-14(3,9-15)6-8-18/h5-8H2,1-4H3. The molecular weight excluding hydrogens is 240 g/mol. The fourth-order valence-corrected chi connectivity index (χ4v) is 2.56. The number of hydrogen-bond acceptors (Lipinski definition) is 3. The van der Waals surface area contributed by atoms with Gasteiger partial charge in [-0.1, -0.05) is 0 Å². The van der Waals surface area contributed by atoms with Crippen LogP contribution in [-0.4, -0.2) is 33.7 Å². The number of nitrogens with zero attached hydrogens (tertiary/aromatic N) is 4. The lowest BCUT2D eigenvalue weighted by Crippen LogP contribution is -2.42. The summed E-state index contributed by atoms with van der Waals surface area (Å²) in [5.41, 5.74) is 2.10. The van der Waals surface area contributed by atoms with E-state index in [1.165, 1.54) is 0 Å². The van der Waals surface area contributed by atoms with E-state index in [1.807, 2.05) is 32.7 Å². The van der Waals surface area contributed by atoms with Crippen LogP contribution in [0.2, 0.25) is 0 Å². The fourth-order valence-electron chi connectivity index (χ4n) is 2.56. The molecule has 0 unspecified atom stereocenters. The fraction of sp³-hybridized carbons (Fsp3) is 0.643. The molecule has 0 atom stereocenters. The van der Waals surface area contributed by atoms with Crippen molar-refractivity contribution in [2.45, 2.75) is 33.6 Å². The second-order valence-corrected chi connectivity index (χ2v) is 5.63. The van der Waals surface area contributed by atoms with Crippen LogP contribution in [0.15, 0.2) is 0 Å². The van der Waals surface area contributed by atoms with Gasteiger partial charge in [-0.25, -0.2) is 0 Å². The predicted octanol–water partition coefficient (Wildman–Crippen LogP) is 1.80. The van der Waals surface area contributed by atoms with E-state index in [0.29, 0.717) is 18.7 Å². The smallest absolute Gasteiger partial charge is 0.257 e. The Hall–Kier alpha value is -1.83. The highest BCUT2D eigenvalue weighted by Gasteiger charge is 2.33. The van der Waals surface area contributed by atoms with Gasteiger partial charge >= 0.3 is 0 Å². The molecule has 0 bridgehead atoms. The second-order valence-electron chi connectivity index (χ2n) is 5.63. The Morgan fingerprint density at radius 3 is 2.37 bits per heavy atom. The SMILES string of the molecule is Cc1nn(C)c(C)c1C(=O)N1CCC(C)(C#N)CC1. The zero-order chi connectivity index (χ0) is 14.2. The molecule has 2 rings (SSSR count). The van der Waals surface area contributed by atoms with Crippen LogP contribution in [-0.2, 0) is 7.05 Å². The quantitative estimate of drug-likeness (QED) is 0.773. The Balaban J connectivity index is 2.17. The molecule has 1 aliphatic rings. The zero-order valence-corrected chi connectivity index (χ0v) is 12.0. The maximum absolute atomic E-state index is 12.5. The van der Waals surface area contributed by atoms with E-state index in [0.717, 1.165) is 24.2 Å². The summed E-state index contributed by atoms with van der Waals surface area (Å²) in [5.74, 6) is 0.0445. The summed E-state index contributed by atoms with van der Waals surface area (Å²) >= 11 is 0. The molecule has 0 aromatic carbocycles. The van der Waals surface area contributed by atoms with Crippen molar-refractivity contribution >= 4 is 5.91 Å². The number of piperidine rings is 1. The van der Waals surface area contributed by atoms with Gasteiger partial charge in [0, 0.05) is 25.8 Å². The number of carbonyl (C=O) groups is 1. The first-order valence-electron chi connectivity index (χ1n) is 6.59. The predicted molar refractivity (Wildman–Crippen MR) is 71.5 cm³/mol. The largest absolute Gasteiger partial charge is 0.338 e. The summed E-state index contributed by atoms with van der Waals surface area (Å²) in [6.45, 7) is 7.04. The van der Waals surface area contributed by atoms with E-state index in [1.54, 1.807) is 4.68 Å². The number of carbonyl (C=O) groups excluding carboxylic acids is 1. The Labute approximate surface area is 113 Å². The van der Waals surface area contributed by atoms with Crippen molar-refractivity contribution in [3.8, 4) is 6.07 Å². The molecule has 1 amide bonds. The van der Waals surface area contributed by atoms with Gasteiger partial charge in [0.15, 0.2) is 0 Å². The van der Waals surface area contributed by atoms with E-state index >= 15 is 0 Å². The lowest BCUT2D eigenvalue weighted by Gasteiger charge is -2.35. The molecule has 0 saturated carbocycles. The van der Waals surface area contributed by atoms with Gasteiger partial charge in [0.25, 0.3) is 5.91 Å². The number of rotatable bonds is 1. The molecule has 0 radical (unpaired) electrons. The minimum Gasteiger partial charge on any atom is -0.338 e. The van der Waals surface area contributed by atoms with Crippen LogP contribution in [0.25, 0.3) is 0 Å². The van der Waals surface area contributed by atoms with Gasteiger partial charge in [0.1, 0.15) is 0 Å². The Kier molecular flexibility index (Phi) is 3.36. The third-order valence-electron chi connectivity index (χ3n) is 4.15. The van der Waals surface area contributed by atoms with Gasteiger partial charge in [-0.2, -0.15) is 10.4 Å². The molecule has 5 heteroatoms. The van der Waals surface area contributed by atoms with Crippen molar-refractivity contribution in [2.24, 2.45) is 12.5 Å². The molecule has 0 N–H and O–H groups in total. The lowest BCUT2D eigenvalue weighted by molar-refractivity contribution is 0.0660. The first-order chi connectivity index (χ1) is 8.88. The molecular formula is C14H20N4O. The highest BCUT2D eigenvalue weighted by molar-refractivity contribution is 5.96. The molecule has 1 aromatic heterocycles. The van der Waals surface area contributed by atoms with Crippen molar-refractivity contribution < 1.29 is 4.79 Å². The van der Waals surface area contributed by atoms with Gasteiger partial charge in [0.05, 0.1) is 22.7 Å². The summed E-state index contributed by atoms with van der Waals surface area (Å²) in [6, 6.07) is 2.35. The Bertz CT molecular complexity index is 545. The second kappa shape index (κ2) is 4.69. The number of nitriles is 1. The van der Waals surface area contributed by atoms with Crippen LogP contribution >= 0.6 is 0 Å². The van der Waals surface area contributed by atoms with E-state index < -0.39 is 0 Å². The Morgan fingerprint density at radius 2 is 1.95 bits per heavy atom. The number of aromatic nitrogens is 2. The van der Waals surface area contributed by atoms with E-state index in [9.17, 15) is 4.79 Å². The third kappa shape index (κ3) is 2.35. The molecule has 1 aliphatic heterocycles. The van der Waals surface area contributed by atoms with Crippen molar-refractivity contribution in [2.75, 3.05) is 13.1 Å². The maximum atomic E-state index is 12.5. The number of amides is 1. The average Bonchev–Trinajstić information content (AvgIpc) is 2.63. The maximum Gasteiger partial charge on any atom is 0.257 e.